The van der Waals surface area contributed by atoms with E-state index in [0.29, 0.717) is 24.4 Å². The van der Waals surface area contributed by atoms with E-state index < -0.39 is 6.04 Å². The zero-order valence-corrected chi connectivity index (χ0v) is 16.9. The standard InChI is InChI=1S/C22H31N3O3/c1-3-16-9-11-17(12-10-16)20-19(21(26)28-4-2)18(23-22(27)24-20)15-25-13-7-5-6-8-14-25/h9-12,20H,3-8,13-15H2,1-2H3,(H2,23,24,27)/t20-/m1/s1. The summed E-state index contributed by atoms with van der Waals surface area (Å²) < 4.78 is 5.35. The van der Waals surface area contributed by atoms with E-state index >= 15 is 0 Å². The Morgan fingerprint density at radius 1 is 1.11 bits per heavy atom. The van der Waals surface area contributed by atoms with Gasteiger partial charge in [0.1, 0.15) is 0 Å². The minimum atomic E-state index is -0.499. The van der Waals surface area contributed by atoms with E-state index in [-0.39, 0.29) is 12.0 Å². The zero-order chi connectivity index (χ0) is 19.9. The quantitative estimate of drug-likeness (QED) is 0.737. The molecule has 1 aromatic rings. The number of likely N-dealkylation sites (tertiary alicyclic amines) is 1. The maximum absolute atomic E-state index is 12.8. The molecule has 0 aliphatic carbocycles. The Balaban J connectivity index is 1.95. The predicted molar refractivity (Wildman–Crippen MR) is 109 cm³/mol. The summed E-state index contributed by atoms with van der Waals surface area (Å²) in [5, 5.41) is 5.79. The lowest BCUT2D eigenvalue weighted by atomic mass is 9.94. The zero-order valence-electron chi connectivity index (χ0n) is 16.9. The van der Waals surface area contributed by atoms with Gasteiger partial charge in [-0.2, -0.15) is 0 Å². The first-order valence-corrected chi connectivity index (χ1v) is 10.4. The predicted octanol–water partition coefficient (Wildman–Crippen LogP) is 3.30. The molecule has 2 heterocycles. The molecule has 0 radical (unpaired) electrons. The number of hydrogen-bond acceptors (Lipinski definition) is 4. The van der Waals surface area contributed by atoms with Crippen LogP contribution in [-0.2, 0) is 16.0 Å². The smallest absolute Gasteiger partial charge is 0.338 e. The molecule has 1 aromatic carbocycles. The first-order valence-electron chi connectivity index (χ1n) is 10.4. The number of carbonyl (C=O) groups excluding carboxylic acids is 2. The molecule has 2 amide bonds. The molecule has 2 N–H and O–H groups in total. The van der Waals surface area contributed by atoms with Gasteiger partial charge >= 0.3 is 12.0 Å². The van der Waals surface area contributed by atoms with Gasteiger partial charge in [0.05, 0.1) is 18.2 Å². The molecule has 0 spiro atoms. The molecule has 3 rings (SSSR count). The van der Waals surface area contributed by atoms with Crippen LogP contribution < -0.4 is 10.6 Å². The monoisotopic (exact) mass is 385 g/mol. The molecule has 2 aliphatic rings. The maximum Gasteiger partial charge on any atom is 0.338 e. The van der Waals surface area contributed by atoms with Crippen LogP contribution in [0.5, 0.6) is 0 Å². The summed E-state index contributed by atoms with van der Waals surface area (Å²) >= 11 is 0. The van der Waals surface area contributed by atoms with Gasteiger partial charge in [0.25, 0.3) is 0 Å². The van der Waals surface area contributed by atoms with Crippen molar-refractivity contribution >= 4 is 12.0 Å². The van der Waals surface area contributed by atoms with Crippen molar-refractivity contribution in [3.8, 4) is 0 Å². The second kappa shape index (κ2) is 9.73. The largest absolute Gasteiger partial charge is 0.463 e. The van der Waals surface area contributed by atoms with Crippen LogP contribution >= 0.6 is 0 Å². The van der Waals surface area contributed by atoms with E-state index in [2.05, 4.69) is 22.5 Å². The van der Waals surface area contributed by atoms with Gasteiger partial charge in [-0.25, -0.2) is 9.59 Å². The minimum absolute atomic E-state index is 0.276. The topological polar surface area (TPSA) is 70.7 Å². The lowest BCUT2D eigenvalue weighted by Gasteiger charge is -2.32. The van der Waals surface area contributed by atoms with Crippen LogP contribution in [0, 0.1) is 0 Å². The van der Waals surface area contributed by atoms with Gasteiger partial charge < -0.3 is 15.4 Å². The summed E-state index contributed by atoms with van der Waals surface area (Å²) in [7, 11) is 0. The van der Waals surface area contributed by atoms with E-state index in [9.17, 15) is 9.59 Å². The molecule has 6 nitrogen and oxygen atoms in total. The van der Waals surface area contributed by atoms with Gasteiger partial charge in [-0.3, -0.25) is 4.90 Å². The fourth-order valence-corrected chi connectivity index (χ4v) is 3.91. The van der Waals surface area contributed by atoms with Gasteiger partial charge in [0, 0.05) is 12.2 Å². The Labute approximate surface area is 167 Å². The number of esters is 1. The van der Waals surface area contributed by atoms with Crippen molar-refractivity contribution in [2.75, 3.05) is 26.2 Å². The van der Waals surface area contributed by atoms with Crippen molar-refractivity contribution in [2.45, 2.75) is 52.0 Å². The van der Waals surface area contributed by atoms with Crippen molar-refractivity contribution in [1.29, 1.82) is 0 Å². The van der Waals surface area contributed by atoms with Crippen molar-refractivity contribution in [2.24, 2.45) is 0 Å². The fraction of sp³-hybridized carbons (Fsp3) is 0.545. The highest BCUT2D eigenvalue weighted by Gasteiger charge is 2.34. The number of rotatable bonds is 6. The van der Waals surface area contributed by atoms with Crippen LogP contribution in [0.4, 0.5) is 4.79 Å². The Hall–Kier alpha value is -2.34. The van der Waals surface area contributed by atoms with Gasteiger partial charge in [-0.05, 0) is 50.4 Å². The Bertz CT molecular complexity index is 719. The molecule has 1 fully saturated rings. The normalized spacial score (nSPS) is 20.9. The van der Waals surface area contributed by atoms with E-state index in [1.165, 1.54) is 18.4 Å². The van der Waals surface area contributed by atoms with Crippen LogP contribution in [0.3, 0.4) is 0 Å². The molecular formula is C22H31N3O3. The van der Waals surface area contributed by atoms with Crippen LogP contribution in [0.2, 0.25) is 0 Å². The molecule has 1 saturated heterocycles. The highest BCUT2D eigenvalue weighted by molar-refractivity contribution is 5.95. The van der Waals surface area contributed by atoms with Gasteiger partial charge in [0.15, 0.2) is 0 Å². The number of urea groups is 1. The molecule has 152 valence electrons. The van der Waals surface area contributed by atoms with Gasteiger partial charge in [-0.15, -0.1) is 0 Å². The van der Waals surface area contributed by atoms with E-state index in [1.54, 1.807) is 6.92 Å². The molecule has 1 atom stereocenters. The third-order valence-corrected chi connectivity index (χ3v) is 5.45. The number of ether oxygens (including phenoxy) is 1. The number of amides is 2. The summed E-state index contributed by atoms with van der Waals surface area (Å²) in [4.78, 5) is 27.6. The van der Waals surface area contributed by atoms with Gasteiger partial charge in [0.2, 0.25) is 0 Å². The Kier molecular flexibility index (Phi) is 7.09. The average Bonchev–Trinajstić information content (AvgIpc) is 2.96. The summed E-state index contributed by atoms with van der Waals surface area (Å²) in [6.07, 6.45) is 5.72. The SMILES string of the molecule is CCOC(=O)C1=C(CN2CCCCCC2)NC(=O)N[C@@H]1c1ccc(CC)cc1. The Morgan fingerprint density at radius 3 is 2.39 bits per heavy atom. The first kappa shape index (κ1) is 20.4. The highest BCUT2D eigenvalue weighted by Crippen LogP contribution is 2.29. The van der Waals surface area contributed by atoms with Crippen LogP contribution in [0.25, 0.3) is 0 Å². The highest BCUT2D eigenvalue weighted by atomic mass is 16.5. The molecular weight excluding hydrogens is 354 g/mol. The lowest BCUT2D eigenvalue weighted by molar-refractivity contribution is -0.139. The number of nitrogens with zero attached hydrogens (tertiary/aromatic N) is 1. The summed E-state index contributed by atoms with van der Waals surface area (Å²) in [6, 6.07) is 7.28. The van der Waals surface area contributed by atoms with Crippen molar-refractivity contribution in [3.63, 3.8) is 0 Å². The van der Waals surface area contributed by atoms with E-state index in [1.807, 2.05) is 24.3 Å². The minimum Gasteiger partial charge on any atom is -0.463 e. The molecule has 28 heavy (non-hydrogen) atoms. The number of nitrogens with one attached hydrogen (secondary N) is 2. The maximum atomic E-state index is 12.8. The number of benzene rings is 1. The second-order valence-corrected chi connectivity index (χ2v) is 7.43. The average molecular weight is 386 g/mol. The van der Waals surface area contributed by atoms with Crippen molar-refractivity contribution in [1.82, 2.24) is 15.5 Å². The summed E-state index contributed by atoms with van der Waals surface area (Å²) in [5.74, 6) is -0.371. The molecule has 0 aromatic heterocycles. The van der Waals surface area contributed by atoms with Crippen molar-refractivity contribution in [3.05, 3.63) is 46.7 Å². The molecule has 2 aliphatic heterocycles. The van der Waals surface area contributed by atoms with Crippen LogP contribution in [0.1, 0.15) is 56.7 Å². The third kappa shape index (κ3) is 4.93. The van der Waals surface area contributed by atoms with E-state index in [4.69, 9.17) is 4.74 Å². The van der Waals surface area contributed by atoms with Crippen molar-refractivity contribution < 1.29 is 14.3 Å². The molecule has 0 saturated carbocycles. The second-order valence-electron chi connectivity index (χ2n) is 7.43. The lowest BCUT2D eigenvalue weighted by Crippen LogP contribution is -2.48. The summed E-state index contributed by atoms with van der Waals surface area (Å²) in [5.41, 5.74) is 3.28. The van der Waals surface area contributed by atoms with E-state index in [0.717, 1.165) is 37.9 Å². The molecule has 0 unspecified atom stereocenters. The third-order valence-electron chi connectivity index (χ3n) is 5.45. The van der Waals surface area contributed by atoms with Crippen LogP contribution in [-0.4, -0.2) is 43.1 Å². The van der Waals surface area contributed by atoms with Crippen LogP contribution in [0.15, 0.2) is 35.5 Å². The number of hydrogen-bond donors (Lipinski definition) is 2. The molecule has 0 bridgehead atoms. The summed E-state index contributed by atoms with van der Waals surface area (Å²) in [6.45, 7) is 6.73. The fourth-order valence-electron chi connectivity index (χ4n) is 3.91. The number of aryl methyl sites for hydroxylation is 1. The Morgan fingerprint density at radius 2 is 1.79 bits per heavy atom. The first-order chi connectivity index (χ1) is 13.6. The molecule has 6 heteroatoms. The van der Waals surface area contributed by atoms with Gasteiger partial charge in [-0.1, -0.05) is 44.0 Å². The number of carbonyl (C=O) groups is 2.